The van der Waals surface area contributed by atoms with Gasteiger partial charge in [-0.2, -0.15) is 0 Å². The van der Waals surface area contributed by atoms with Gasteiger partial charge in [0.05, 0.1) is 12.6 Å². The van der Waals surface area contributed by atoms with E-state index in [0.717, 1.165) is 11.8 Å². The monoisotopic (exact) mass is 176 g/mol. The molecule has 0 amide bonds. The van der Waals surface area contributed by atoms with Crippen LogP contribution in [0.2, 0.25) is 0 Å². The Bertz CT molecular complexity index is 448. The van der Waals surface area contributed by atoms with Crippen molar-refractivity contribution in [2.75, 3.05) is 7.11 Å². The Morgan fingerprint density at radius 1 is 1.54 bits per heavy atom. The second-order valence-electron chi connectivity index (χ2n) is 2.57. The minimum absolute atomic E-state index is 0.430. The minimum Gasteiger partial charge on any atom is -0.482 e. The van der Waals surface area contributed by atoms with Crippen LogP contribution in [0.1, 0.15) is 10.5 Å². The van der Waals surface area contributed by atoms with Gasteiger partial charge in [0.2, 0.25) is 0 Å². The number of fused-ring (bicyclic) bond motifs is 1. The molecular weight excluding hydrogens is 168 g/mol. The average molecular weight is 176 g/mol. The van der Waals surface area contributed by atoms with Crippen molar-refractivity contribution >= 4 is 11.8 Å². The summed E-state index contributed by atoms with van der Waals surface area (Å²) >= 11 is 0. The van der Waals surface area contributed by atoms with Gasteiger partial charge in [-0.15, -0.1) is 0 Å². The molecule has 0 unspecified atom stereocenters. The van der Waals surface area contributed by atoms with Crippen molar-refractivity contribution < 1.29 is 9.53 Å². The Labute approximate surface area is 74.8 Å². The summed E-state index contributed by atoms with van der Waals surface area (Å²) in [6, 6.07) is 5.45. The Morgan fingerprint density at radius 2 is 2.38 bits per heavy atom. The number of carbonyl (C=O) groups excluding carboxylic acids is 1. The molecule has 0 radical (unpaired) electrons. The van der Waals surface area contributed by atoms with Gasteiger partial charge in [0, 0.05) is 0 Å². The van der Waals surface area contributed by atoms with E-state index >= 15 is 0 Å². The fourth-order valence-corrected chi connectivity index (χ4v) is 1.27. The second kappa shape index (κ2) is 2.90. The van der Waals surface area contributed by atoms with Crippen LogP contribution in [0.25, 0.3) is 5.52 Å². The zero-order valence-corrected chi connectivity index (χ0v) is 7.10. The lowest BCUT2D eigenvalue weighted by Crippen LogP contribution is -1.92. The molecule has 4 heteroatoms. The topological polar surface area (TPSA) is 43.6 Å². The fourth-order valence-electron chi connectivity index (χ4n) is 1.27. The van der Waals surface area contributed by atoms with Crippen LogP contribution in [0.3, 0.4) is 0 Å². The fraction of sp³-hybridized carbons (Fsp3) is 0.111. The highest BCUT2D eigenvalue weighted by Crippen LogP contribution is 2.15. The molecule has 0 spiro atoms. The molecule has 0 saturated carbocycles. The minimum atomic E-state index is 0.430. The third-order valence-corrected chi connectivity index (χ3v) is 1.89. The molecule has 0 bridgehead atoms. The number of imidazole rings is 1. The normalized spacial score (nSPS) is 10.2. The van der Waals surface area contributed by atoms with Crippen molar-refractivity contribution in [1.29, 1.82) is 0 Å². The summed E-state index contributed by atoms with van der Waals surface area (Å²) in [6.45, 7) is 0. The maximum Gasteiger partial charge on any atom is 0.199 e. The molecule has 2 aromatic heterocycles. The maximum absolute atomic E-state index is 10.6. The number of rotatable bonds is 2. The van der Waals surface area contributed by atoms with Crippen LogP contribution in [-0.2, 0) is 0 Å². The van der Waals surface area contributed by atoms with E-state index in [1.807, 2.05) is 18.2 Å². The first-order valence-electron chi connectivity index (χ1n) is 3.82. The van der Waals surface area contributed by atoms with Crippen LogP contribution in [0.5, 0.6) is 5.88 Å². The van der Waals surface area contributed by atoms with E-state index < -0.39 is 0 Å². The SMILES string of the molecule is COc1cccc2c(C=O)ncn12. The first-order chi connectivity index (χ1) is 6.36. The molecule has 13 heavy (non-hydrogen) atoms. The molecule has 0 fully saturated rings. The summed E-state index contributed by atoms with van der Waals surface area (Å²) in [4.78, 5) is 14.5. The molecule has 0 N–H and O–H groups in total. The Morgan fingerprint density at radius 3 is 3.08 bits per heavy atom. The van der Waals surface area contributed by atoms with Crippen molar-refractivity contribution in [2.24, 2.45) is 0 Å². The van der Waals surface area contributed by atoms with Gasteiger partial charge in [0.1, 0.15) is 12.0 Å². The van der Waals surface area contributed by atoms with Crippen LogP contribution in [-0.4, -0.2) is 22.8 Å². The van der Waals surface area contributed by atoms with Gasteiger partial charge in [0.25, 0.3) is 0 Å². The maximum atomic E-state index is 10.6. The number of aldehydes is 1. The standard InChI is InChI=1S/C9H8N2O2/c1-13-9-4-2-3-8-7(5-12)10-6-11(8)9/h2-6H,1H3. The predicted molar refractivity (Wildman–Crippen MR) is 47.1 cm³/mol. The van der Waals surface area contributed by atoms with Gasteiger partial charge >= 0.3 is 0 Å². The van der Waals surface area contributed by atoms with Gasteiger partial charge in [0.15, 0.2) is 12.2 Å². The van der Waals surface area contributed by atoms with Crippen molar-refractivity contribution in [2.45, 2.75) is 0 Å². The molecule has 0 aromatic carbocycles. The Balaban J connectivity index is 2.79. The number of carbonyl (C=O) groups is 1. The highest BCUT2D eigenvalue weighted by Gasteiger charge is 2.05. The first kappa shape index (κ1) is 7.79. The lowest BCUT2D eigenvalue weighted by molar-refractivity contribution is 0.112. The predicted octanol–water partition coefficient (Wildman–Crippen LogP) is 1.16. The first-order valence-corrected chi connectivity index (χ1v) is 3.82. The van der Waals surface area contributed by atoms with Gasteiger partial charge in [-0.1, -0.05) is 6.07 Å². The van der Waals surface area contributed by atoms with E-state index in [0.29, 0.717) is 11.6 Å². The lowest BCUT2D eigenvalue weighted by Gasteiger charge is -2.01. The third kappa shape index (κ3) is 1.07. The lowest BCUT2D eigenvalue weighted by atomic mass is 10.3. The number of ether oxygens (including phenoxy) is 1. The molecule has 0 aliphatic rings. The summed E-state index contributed by atoms with van der Waals surface area (Å²) in [7, 11) is 1.58. The highest BCUT2D eigenvalue weighted by atomic mass is 16.5. The van der Waals surface area contributed by atoms with Crippen LogP contribution in [0.15, 0.2) is 24.5 Å². The summed E-state index contributed by atoms with van der Waals surface area (Å²) < 4.78 is 6.82. The summed E-state index contributed by atoms with van der Waals surface area (Å²) in [5, 5.41) is 0. The van der Waals surface area contributed by atoms with E-state index in [2.05, 4.69) is 4.98 Å². The number of pyridine rings is 1. The smallest absolute Gasteiger partial charge is 0.199 e. The zero-order chi connectivity index (χ0) is 9.26. The van der Waals surface area contributed by atoms with E-state index in [1.54, 1.807) is 17.8 Å². The van der Waals surface area contributed by atoms with Gasteiger partial charge < -0.3 is 4.74 Å². The van der Waals surface area contributed by atoms with Crippen LogP contribution < -0.4 is 4.74 Å². The summed E-state index contributed by atoms with van der Waals surface area (Å²) in [6.07, 6.45) is 2.30. The molecule has 2 rings (SSSR count). The molecular formula is C9H8N2O2. The quantitative estimate of drug-likeness (QED) is 0.645. The Kier molecular flexibility index (Phi) is 1.73. The highest BCUT2D eigenvalue weighted by molar-refractivity contribution is 5.83. The molecule has 4 nitrogen and oxygen atoms in total. The molecule has 66 valence electrons. The van der Waals surface area contributed by atoms with Gasteiger partial charge in [-0.3, -0.25) is 9.20 Å². The number of methoxy groups -OCH3 is 1. The van der Waals surface area contributed by atoms with Crippen LogP contribution >= 0.6 is 0 Å². The number of hydrogen-bond donors (Lipinski definition) is 0. The molecule has 0 aliphatic carbocycles. The van der Waals surface area contributed by atoms with Crippen LogP contribution in [0, 0.1) is 0 Å². The number of aromatic nitrogens is 2. The number of nitrogens with zero attached hydrogens (tertiary/aromatic N) is 2. The number of hydrogen-bond acceptors (Lipinski definition) is 3. The van der Waals surface area contributed by atoms with Crippen molar-refractivity contribution in [3.8, 4) is 5.88 Å². The van der Waals surface area contributed by atoms with Crippen molar-refractivity contribution in [1.82, 2.24) is 9.38 Å². The van der Waals surface area contributed by atoms with Crippen molar-refractivity contribution in [3.63, 3.8) is 0 Å². The van der Waals surface area contributed by atoms with E-state index in [9.17, 15) is 4.79 Å². The molecule has 0 saturated heterocycles. The molecule has 2 heterocycles. The zero-order valence-electron chi connectivity index (χ0n) is 7.10. The Hall–Kier alpha value is -1.84. The van der Waals surface area contributed by atoms with Crippen molar-refractivity contribution in [3.05, 3.63) is 30.2 Å². The molecule has 0 aliphatic heterocycles. The molecule has 2 aromatic rings. The van der Waals surface area contributed by atoms with E-state index in [-0.39, 0.29) is 0 Å². The van der Waals surface area contributed by atoms with E-state index in [4.69, 9.17) is 4.74 Å². The largest absolute Gasteiger partial charge is 0.482 e. The second-order valence-corrected chi connectivity index (χ2v) is 2.57. The summed E-state index contributed by atoms with van der Waals surface area (Å²) in [5.74, 6) is 0.665. The summed E-state index contributed by atoms with van der Waals surface area (Å²) in [5.41, 5.74) is 1.19. The van der Waals surface area contributed by atoms with Gasteiger partial charge in [-0.05, 0) is 12.1 Å². The third-order valence-electron chi connectivity index (χ3n) is 1.89. The molecule has 0 atom stereocenters. The van der Waals surface area contributed by atoms with Crippen LogP contribution in [0.4, 0.5) is 0 Å². The van der Waals surface area contributed by atoms with E-state index in [1.165, 1.54) is 0 Å². The average Bonchev–Trinajstić information content (AvgIpc) is 2.60. The van der Waals surface area contributed by atoms with Gasteiger partial charge in [-0.25, -0.2) is 4.98 Å².